The standard InChI is InChI=1S/3C46H31NO/c1-3-14-32(15-4-1)34-19-11-20-35(28-34)37-22-13-24-40(30-37)47(39-23-12-21-36(29-39)33-16-5-2-6-17-33)43-31-38-18-7-8-25-41(38)45-42-26-9-10-27-44(42)48-46(43)45;1-3-13-32(14-4-1)34-25-27-35(28-26-34)37-19-12-21-40(30-37)47(39-20-11-18-36(29-39)33-15-5-2-6-16-33)43-31-38-17-7-8-22-41(38)45-42-23-9-10-24-44(42)48-46(43)45;1-3-12-32(13-4-1)34-22-26-39(27-23-34)47(40-28-24-35(25-29-40)37-18-11-17-36(30-37)33-14-5-2-6-15-33)43-31-38-16-7-8-19-41(38)45-42-20-9-10-21-44(42)48-46(43)45/h3*1-31H. The number of hydrogen-bond donors (Lipinski definition) is 0. The average Bonchev–Trinajstić information content (AvgIpc) is 1.57. The van der Waals surface area contributed by atoms with Crippen LogP contribution in [0.4, 0.5) is 51.2 Å². The maximum atomic E-state index is 6.77. The Labute approximate surface area is 835 Å². The van der Waals surface area contributed by atoms with Crippen LogP contribution in [0.5, 0.6) is 0 Å². The molecule has 0 N–H and O–H groups in total. The van der Waals surface area contributed by atoms with Crippen LogP contribution >= 0.6 is 0 Å². The predicted octanol–water partition coefficient (Wildman–Crippen LogP) is 39.6. The van der Waals surface area contributed by atoms with Crippen LogP contribution in [0.25, 0.3) is 198 Å². The smallest absolute Gasteiger partial charge is 0.160 e. The fourth-order valence-electron chi connectivity index (χ4n) is 20.7. The molecule has 678 valence electrons. The molecular weight excluding hydrogens is 1750 g/mol. The van der Waals surface area contributed by atoms with E-state index in [0.29, 0.717) is 0 Å². The van der Waals surface area contributed by atoms with Crippen molar-refractivity contribution in [1.82, 2.24) is 0 Å². The van der Waals surface area contributed by atoms with E-state index < -0.39 is 0 Å². The van der Waals surface area contributed by atoms with Crippen LogP contribution in [0, 0.1) is 0 Å². The molecule has 0 bridgehead atoms. The van der Waals surface area contributed by atoms with Crippen LogP contribution in [-0.4, -0.2) is 0 Å². The van der Waals surface area contributed by atoms with E-state index in [-0.39, 0.29) is 0 Å². The third-order valence-electron chi connectivity index (χ3n) is 27.7. The van der Waals surface area contributed by atoms with Gasteiger partial charge in [-0.25, -0.2) is 0 Å². The summed E-state index contributed by atoms with van der Waals surface area (Å²) in [6.07, 6.45) is 0. The molecule has 0 aliphatic rings. The topological polar surface area (TPSA) is 49.1 Å². The van der Waals surface area contributed by atoms with E-state index in [1.807, 2.05) is 18.2 Å². The highest BCUT2D eigenvalue weighted by molar-refractivity contribution is 6.26. The van der Waals surface area contributed by atoms with Crippen molar-refractivity contribution in [2.75, 3.05) is 14.7 Å². The second-order valence-corrected chi connectivity index (χ2v) is 36.5. The summed E-state index contributed by atoms with van der Waals surface area (Å²) in [5.74, 6) is 0. The molecule has 0 spiro atoms. The second-order valence-electron chi connectivity index (χ2n) is 36.5. The number of furan rings is 3. The van der Waals surface area contributed by atoms with Crippen LogP contribution in [-0.2, 0) is 0 Å². The maximum Gasteiger partial charge on any atom is 0.160 e. The van der Waals surface area contributed by atoms with Crippen LogP contribution in [0.3, 0.4) is 0 Å². The van der Waals surface area contributed by atoms with Gasteiger partial charge in [-0.15, -0.1) is 0 Å². The van der Waals surface area contributed by atoms with Gasteiger partial charge in [0.2, 0.25) is 0 Å². The van der Waals surface area contributed by atoms with Crippen molar-refractivity contribution in [3.8, 4) is 100 Å². The van der Waals surface area contributed by atoms with E-state index in [9.17, 15) is 0 Å². The summed E-state index contributed by atoms with van der Waals surface area (Å²) < 4.78 is 20.2. The molecule has 0 radical (unpaired) electrons. The molecule has 27 rings (SSSR count). The highest BCUT2D eigenvalue weighted by atomic mass is 16.3. The zero-order chi connectivity index (χ0) is 95.6. The molecule has 24 aromatic carbocycles. The minimum absolute atomic E-state index is 0.872. The number of hydrogen-bond acceptors (Lipinski definition) is 6. The Hall–Kier alpha value is -19.1. The normalized spacial score (nSPS) is 11.3. The van der Waals surface area contributed by atoms with Gasteiger partial charge < -0.3 is 28.0 Å². The maximum absolute atomic E-state index is 6.77. The largest absolute Gasteiger partial charge is 0.454 e. The molecule has 0 saturated carbocycles. The van der Waals surface area contributed by atoms with Crippen molar-refractivity contribution in [3.63, 3.8) is 0 Å². The lowest BCUT2D eigenvalue weighted by Crippen LogP contribution is -2.10. The monoisotopic (exact) mass is 1840 g/mol. The Kier molecular flexibility index (Phi) is 23.0. The molecule has 0 unspecified atom stereocenters. The van der Waals surface area contributed by atoms with E-state index in [0.717, 1.165) is 139 Å². The SMILES string of the molecule is c1ccc(-c2ccc(-c3cccc(N(c4cccc(-c5ccccc5)c4)c4cc5ccccc5c5c4oc4ccccc45)c3)cc2)cc1.c1ccc(-c2ccc(N(c3ccc(-c4cccc(-c5ccccc5)c4)cc3)c3cc4ccccc4c4c3oc3ccccc34)cc2)cc1.c1ccc(-c2cccc(-c3cccc(N(c4cccc(-c5ccccc5)c4)c4cc5ccccc5c5c4oc4ccccc45)c3)c2)cc1. The summed E-state index contributed by atoms with van der Waals surface area (Å²) in [6, 6.07) is 200. The Morgan fingerprint density at radius 2 is 0.299 bits per heavy atom. The highest BCUT2D eigenvalue weighted by Gasteiger charge is 2.28. The van der Waals surface area contributed by atoms with Crippen molar-refractivity contribution < 1.29 is 13.3 Å². The summed E-state index contributed by atoms with van der Waals surface area (Å²) in [5.41, 5.74) is 35.9. The summed E-state index contributed by atoms with van der Waals surface area (Å²) >= 11 is 0. The van der Waals surface area contributed by atoms with Gasteiger partial charge in [0.25, 0.3) is 0 Å². The van der Waals surface area contributed by atoms with Gasteiger partial charge in [-0.3, -0.25) is 0 Å². The molecule has 0 atom stereocenters. The first-order valence-electron chi connectivity index (χ1n) is 49.0. The molecule has 6 heteroatoms. The summed E-state index contributed by atoms with van der Waals surface area (Å²) in [5, 5.41) is 13.8. The van der Waals surface area contributed by atoms with Crippen molar-refractivity contribution >= 4 is 149 Å². The number of fused-ring (bicyclic) bond motifs is 15. The third-order valence-corrected chi connectivity index (χ3v) is 27.7. The summed E-state index contributed by atoms with van der Waals surface area (Å²) in [4.78, 5) is 7.04. The van der Waals surface area contributed by atoms with Crippen molar-refractivity contribution in [2.24, 2.45) is 0 Å². The zero-order valence-corrected chi connectivity index (χ0v) is 78.8. The molecular formula is C138H93N3O3. The quantitative estimate of drug-likeness (QED) is 0.0853. The Balaban J connectivity index is 0.000000113. The van der Waals surface area contributed by atoms with E-state index in [1.54, 1.807) is 0 Å². The molecule has 6 nitrogen and oxygen atoms in total. The lowest BCUT2D eigenvalue weighted by molar-refractivity contribution is 0.669. The zero-order valence-electron chi connectivity index (χ0n) is 78.8. The summed E-state index contributed by atoms with van der Waals surface area (Å²) in [6.45, 7) is 0. The minimum Gasteiger partial charge on any atom is -0.454 e. The molecule has 3 aromatic heterocycles. The van der Waals surface area contributed by atoms with E-state index >= 15 is 0 Å². The van der Waals surface area contributed by atoms with Gasteiger partial charge in [-0.1, -0.05) is 443 Å². The van der Waals surface area contributed by atoms with Crippen LogP contribution in [0.15, 0.2) is 577 Å². The first-order chi connectivity index (χ1) is 71.4. The number of nitrogens with zero attached hydrogens (tertiary/aromatic N) is 3. The van der Waals surface area contributed by atoms with Gasteiger partial charge in [-0.2, -0.15) is 0 Å². The fraction of sp³-hybridized carbons (Fsp3) is 0. The Morgan fingerprint density at radius 1 is 0.118 bits per heavy atom. The van der Waals surface area contributed by atoms with Gasteiger partial charge in [-0.05, 0) is 254 Å². The van der Waals surface area contributed by atoms with Gasteiger partial charge in [0.05, 0.1) is 17.1 Å². The molecule has 144 heavy (non-hydrogen) atoms. The number of rotatable bonds is 18. The number of para-hydroxylation sites is 3. The van der Waals surface area contributed by atoms with E-state index in [1.165, 1.54) is 110 Å². The van der Waals surface area contributed by atoms with Crippen LogP contribution < -0.4 is 14.7 Å². The van der Waals surface area contributed by atoms with Crippen LogP contribution in [0.1, 0.15) is 0 Å². The lowest BCUT2D eigenvalue weighted by Gasteiger charge is -2.27. The van der Waals surface area contributed by atoms with E-state index in [4.69, 9.17) is 13.3 Å². The van der Waals surface area contributed by atoms with E-state index in [2.05, 4.69) is 561 Å². The average molecular weight is 1840 g/mol. The summed E-state index contributed by atoms with van der Waals surface area (Å²) in [7, 11) is 0. The Morgan fingerprint density at radius 3 is 0.576 bits per heavy atom. The highest BCUT2D eigenvalue weighted by Crippen LogP contribution is 2.52. The lowest BCUT2D eigenvalue weighted by atomic mass is 9.98. The molecule has 0 aliphatic heterocycles. The molecule has 0 saturated heterocycles. The molecule has 0 fully saturated rings. The second kappa shape index (κ2) is 38.3. The molecule has 0 amide bonds. The first-order valence-corrected chi connectivity index (χ1v) is 49.0. The number of benzene rings is 24. The van der Waals surface area contributed by atoms with Gasteiger partial charge in [0.15, 0.2) is 16.7 Å². The third kappa shape index (κ3) is 16.9. The molecule has 0 aliphatic carbocycles. The van der Waals surface area contributed by atoms with Gasteiger partial charge in [0.1, 0.15) is 16.7 Å². The fourth-order valence-corrected chi connectivity index (χ4v) is 20.7. The van der Waals surface area contributed by atoms with Crippen molar-refractivity contribution in [1.29, 1.82) is 0 Å². The first kappa shape index (κ1) is 86.4. The van der Waals surface area contributed by atoms with Gasteiger partial charge >= 0.3 is 0 Å². The van der Waals surface area contributed by atoms with Gasteiger partial charge in [0, 0.05) is 66.4 Å². The minimum atomic E-state index is 0.872. The Bertz CT molecular complexity index is 9370. The molecule has 27 aromatic rings. The van der Waals surface area contributed by atoms with Crippen LogP contribution in [0.2, 0.25) is 0 Å². The number of anilines is 9. The predicted molar refractivity (Wildman–Crippen MR) is 607 cm³/mol. The molecule has 3 heterocycles. The van der Waals surface area contributed by atoms with Crippen molar-refractivity contribution in [2.45, 2.75) is 0 Å². The van der Waals surface area contributed by atoms with Crippen molar-refractivity contribution in [3.05, 3.63) is 564 Å².